The minimum atomic E-state index is 0.685. The number of hydrogen-bond acceptors (Lipinski definition) is 4. The van der Waals surface area contributed by atoms with E-state index in [0.717, 1.165) is 22.6 Å². The fourth-order valence-electron chi connectivity index (χ4n) is 1.51. The molecule has 5 heteroatoms. The molecule has 0 aliphatic carbocycles. The minimum absolute atomic E-state index is 0.685. The van der Waals surface area contributed by atoms with Crippen LogP contribution in [0, 0.1) is 0 Å². The molecule has 15 heavy (non-hydrogen) atoms. The molecule has 3 aromatic rings. The molecule has 1 aromatic carbocycles. The molecule has 0 aliphatic heterocycles. The number of imidazole rings is 1. The van der Waals surface area contributed by atoms with Crippen LogP contribution in [-0.2, 0) is 0 Å². The smallest absolute Gasteiger partial charge is 0.158 e. The summed E-state index contributed by atoms with van der Waals surface area (Å²) in [5.41, 5.74) is 10.9. The summed E-state index contributed by atoms with van der Waals surface area (Å²) < 4.78 is 0. The second-order valence-electron chi connectivity index (χ2n) is 3.20. The van der Waals surface area contributed by atoms with E-state index >= 15 is 0 Å². The SMILES string of the molecule is Nc1cccc2[nH]c(-c3cscn3)nc12. The number of thiazole rings is 1. The molecule has 2 heterocycles. The molecule has 3 rings (SSSR count). The predicted molar refractivity (Wildman–Crippen MR) is 61.6 cm³/mol. The molecule has 0 amide bonds. The number of nitrogens with one attached hydrogen (secondary N) is 1. The Morgan fingerprint density at radius 3 is 3.00 bits per heavy atom. The fraction of sp³-hybridized carbons (Fsp3) is 0. The topological polar surface area (TPSA) is 67.6 Å². The summed E-state index contributed by atoms with van der Waals surface area (Å²) >= 11 is 1.55. The Morgan fingerprint density at radius 2 is 2.27 bits per heavy atom. The van der Waals surface area contributed by atoms with Crippen LogP contribution in [0.5, 0.6) is 0 Å². The van der Waals surface area contributed by atoms with E-state index in [9.17, 15) is 0 Å². The first-order chi connectivity index (χ1) is 7.34. The normalized spacial score (nSPS) is 10.9. The highest BCUT2D eigenvalue weighted by atomic mass is 32.1. The summed E-state index contributed by atoms with van der Waals surface area (Å²) in [5.74, 6) is 0.768. The lowest BCUT2D eigenvalue weighted by molar-refractivity contribution is 1.27. The van der Waals surface area contributed by atoms with E-state index in [4.69, 9.17) is 5.73 Å². The predicted octanol–water partition coefficient (Wildman–Crippen LogP) is 2.27. The zero-order chi connectivity index (χ0) is 10.3. The Hall–Kier alpha value is -1.88. The van der Waals surface area contributed by atoms with Crippen molar-refractivity contribution in [2.75, 3.05) is 5.73 Å². The van der Waals surface area contributed by atoms with Crippen molar-refractivity contribution >= 4 is 28.1 Å². The maximum Gasteiger partial charge on any atom is 0.158 e. The Balaban J connectivity index is 2.27. The van der Waals surface area contributed by atoms with Crippen molar-refractivity contribution < 1.29 is 0 Å². The van der Waals surface area contributed by atoms with Gasteiger partial charge in [0.25, 0.3) is 0 Å². The Labute approximate surface area is 89.8 Å². The maximum atomic E-state index is 5.82. The quantitative estimate of drug-likeness (QED) is 0.613. The van der Waals surface area contributed by atoms with Crippen molar-refractivity contribution in [3.8, 4) is 11.5 Å². The van der Waals surface area contributed by atoms with Crippen LogP contribution < -0.4 is 5.73 Å². The van der Waals surface area contributed by atoms with Crippen LogP contribution in [0.1, 0.15) is 0 Å². The summed E-state index contributed by atoms with van der Waals surface area (Å²) in [5, 5.41) is 1.95. The molecular weight excluding hydrogens is 208 g/mol. The highest BCUT2D eigenvalue weighted by molar-refractivity contribution is 7.07. The van der Waals surface area contributed by atoms with Crippen LogP contribution in [0.2, 0.25) is 0 Å². The highest BCUT2D eigenvalue weighted by Gasteiger charge is 2.07. The van der Waals surface area contributed by atoms with Crippen molar-refractivity contribution in [1.29, 1.82) is 0 Å². The number of anilines is 1. The Kier molecular flexibility index (Phi) is 1.72. The van der Waals surface area contributed by atoms with E-state index in [-0.39, 0.29) is 0 Å². The van der Waals surface area contributed by atoms with E-state index < -0.39 is 0 Å². The Bertz CT molecular complexity index is 597. The number of para-hydroxylation sites is 1. The van der Waals surface area contributed by atoms with Crippen molar-refractivity contribution in [3.05, 3.63) is 29.1 Å². The largest absolute Gasteiger partial charge is 0.397 e. The first-order valence-corrected chi connectivity index (χ1v) is 5.41. The van der Waals surface area contributed by atoms with Crippen LogP contribution in [-0.4, -0.2) is 15.0 Å². The molecule has 3 N–H and O–H groups in total. The molecule has 74 valence electrons. The summed E-state index contributed by atoms with van der Waals surface area (Å²) in [6.45, 7) is 0. The van der Waals surface area contributed by atoms with Gasteiger partial charge in [0.1, 0.15) is 11.2 Å². The third-order valence-corrected chi connectivity index (χ3v) is 2.81. The van der Waals surface area contributed by atoms with Crippen LogP contribution in [0.3, 0.4) is 0 Å². The van der Waals surface area contributed by atoms with Gasteiger partial charge in [-0.1, -0.05) is 6.07 Å². The summed E-state index contributed by atoms with van der Waals surface area (Å²) in [6, 6.07) is 5.70. The standard InChI is InChI=1S/C10H8N4S/c11-6-2-1-3-7-9(6)14-10(13-7)8-4-15-5-12-8/h1-5H,11H2,(H,13,14). The molecule has 0 unspecified atom stereocenters. The number of hydrogen-bond donors (Lipinski definition) is 2. The van der Waals surface area contributed by atoms with Gasteiger partial charge < -0.3 is 10.7 Å². The fourth-order valence-corrected chi connectivity index (χ4v) is 2.04. The average molecular weight is 216 g/mol. The van der Waals surface area contributed by atoms with Gasteiger partial charge in [0.2, 0.25) is 0 Å². The van der Waals surface area contributed by atoms with Crippen LogP contribution in [0.25, 0.3) is 22.6 Å². The van der Waals surface area contributed by atoms with Crippen molar-refractivity contribution in [2.24, 2.45) is 0 Å². The number of nitrogen functional groups attached to an aromatic ring is 1. The van der Waals surface area contributed by atoms with Gasteiger partial charge >= 0.3 is 0 Å². The van der Waals surface area contributed by atoms with Crippen molar-refractivity contribution in [2.45, 2.75) is 0 Å². The monoisotopic (exact) mass is 216 g/mol. The average Bonchev–Trinajstić information content (AvgIpc) is 2.86. The molecule has 0 radical (unpaired) electrons. The van der Waals surface area contributed by atoms with Crippen LogP contribution >= 0.6 is 11.3 Å². The number of nitrogens with zero attached hydrogens (tertiary/aromatic N) is 2. The highest BCUT2D eigenvalue weighted by Crippen LogP contribution is 2.23. The van der Waals surface area contributed by atoms with Crippen LogP contribution in [0.4, 0.5) is 5.69 Å². The van der Waals surface area contributed by atoms with E-state index in [1.54, 1.807) is 16.8 Å². The minimum Gasteiger partial charge on any atom is -0.397 e. The molecule has 2 aromatic heterocycles. The number of H-pyrrole nitrogens is 1. The third kappa shape index (κ3) is 1.28. The van der Waals surface area contributed by atoms with Gasteiger partial charge in [0.15, 0.2) is 5.82 Å². The van der Waals surface area contributed by atoms with E-state index in [1.165, 1.54) is 0 Å². The number of nitrogens with two attached hydrogens (primary N) is 1. The van der Waals surface area contributed by atoms with Gasteiger partial charge in [0.05, 0.1) is 16.7 Å². The van der Waals surface area contributed by atoms with Crippen molar-refractivity contribution in [3.63, 3.8) is 0 Å². The van der Waals surface area contributed by atoms with Gasteiger partial charge in [-0.05, 0) is 12.1 Å². The molecule has 0 atom stereocenters. The zero-order valence-corrected chi connectivity index (χ0v) is 8.58. The number of aromatic amines is 1. The molecule has 0 bridgehead atoms. The summed E-state index contributed by atoms with van der Waals surface area (Å²) in [7, 11) is 0. The summed E-state index contributed by atoms with van der Waals surface area (Å²) in [6.07, 6.45) is 0. The van der Waals surface area contributed by atoms with Crippen molar-refractivity contribution in [1.82, 2.24) is 15.0 Å². The van der Waals surface area contributed by atoms with E-state index in [2.05, 4.69) is 15.0 Å². The molecular formula is C10H8N4S. The maximum absolute atomic E-state index is 5.82. The van der Waals surface area contributed by atoms with Gasteiger partial charge in [-0.3, -0.25) is 0 Å². The van der Waals surface area contributed by atoms with Crippen LogP contribution in [0.15, 0.2) is 29.1 Å². The molecule has 4 nitrogen and oxygen atoms in total. The van der Waals surface area contributed by atoms with Gasteiger partial charge in [-0.25, -0.2) is 9.97 Å². The lowest BCUT2D eigenvalue weighted by Gasteiger charge is -1.90. The number of benzene rings is 1. The lowest BCUT2D eigenvalue weighted by atomic mass is 10.3. The first-order valence-electron chi connectivity index (χ1n) is 4.47. The molecule has 0 aliphatic rings. The third-order valence-electron chi connectivity index (χ3n) is 2.22. The second-order valence-corrected chi connectivity index (χ2v) is 3.92. The molecule has 0 fully saturated rings. The zero-order valence-electron chi connectivity index (χ0n) is 7.77. The van der Waals surface area contributed by atoms with E-state index in [0.29, 0.717) is 5.69 Å². The van der Waals surface area contributed by atoms with Gasteiger partial charge in [-0.2, -0.15) is 0 Å². The summed E-state index contributed by atoms with van der Waals surface area (Å²) in [4.78, 5) is 11.8. The van der Waals surface area contributed by atoms with Gasteiger partial charge in [0, 0.05) is 5.38 Å². The molecule has 0 saturated heterocycles. The number of fused-ring (bicyclic) bond motifs is 1. The van der Waals surface area contributed by atoms with Gasteiger partial charge in [-0.15, -0.1) is 11.3 Å². The number of rotatable bonds is 1. The molecule has 0 spiro atoms. The molecule has 0 saturated carbocycles. The first kappa shape index (κ1) is 8.43. The second kappa shape index (κ2) is 3.06. The Morgan fingerprint density at radius 1 is 1.33 bits per heavy atom. The van der Waals surface area contributed by atoms with E-state index in [1.807, 2.05) is 23.6 Å². The lowest BCUT2D eigenvalue weighted by Crippen LogP contribution is -1.85. The number of aromatic nitrogens is 3.